The summed E-state index contributed by atoms with van der Waals surface area (Å²) in [6.45, 7) is 6.75. The lowest BCUT2D eigenvalue weighted by atomic mass is 9.97. The number of hydrogen-bond donors (Lipinski definition) is 2. The van der Waals surface area contributed by atoms with Crippen molar-refractivity contribution >= 4 is 28.9 Å². The fourth-order valence-corrected chi connectivity index (χ4v) is 4.89. The van der Waals surface area contributed by atoms with E-state index in [0.29, 0.717) is 11.7 Å². The second-order valence-corrected chi connectivity index (χ2v) is 8.38. The molecular formula is C23H25ClN4OS. The molecule has 0 radical (unpaired) electrons. The van der Waals surface area contributed by atoms with Crippen LogP contribution in [0.5, 0.6) is 0 Å². The lowest BCUT2D eigenvalue weighted by Gasteiger charge is -2.27. The number of halogens is 1. The van der Waals surface area contributed by atoms with Gasteiger partial charge < -0.3 is 19.9 Å². The average molecular weight is 441 g/mol. The van der Waals surface area contributed by atoms with E-state index < -0.39 is 0 Å². The lowest BCUT2D eigenvalue weighted by molar-refractivity contribution is 0.223. The van der Waals surface area contributed by atoms with Gasteiger partial charge in [-0.15, -0.1) is 0 Å². The number of aromatic nitrogens is 2. The van der Waals surface area contributed by atoms with Crippen LogP contribution in [0.1, 0.15) is 40.3 Å². The van der Waals surface area contributed by atoms with Gasteiger partial charge in [0.1, 0.15) is 0 Å². The van der Waals surface area contributed by atoms with Crippen LogP contribution in [0.15, 0.2) is 48.7 Å². The molecule has 3 heterocycles. The van der Waals surface area contributed by atoms with Crippen LogP contribution in [-0.2, 0) is 0 Å². The topological polar surface area (TPSA) is 53.3 Å². The van der Waals surface area contributed by atoms with Gasteiger partial charge in [0, 0.05) is 34.8 Å². The van der Waals surface area contributed by atoms with Crippen molar-refractivity contribution in [3.63, 3.8) is 0 Å². The van der Waals surface area contributed by atoms with Gasteiger partial charge in [-0.3, -0.25) is 4.98 Å². The van der Waals surface area contributed by atoms with Gasteiger partial charge in [0.25, 0.3) is 0 Å². The van der Waals surface area contributed by atoms with Crippen LogP contribution in [0, 0.1) is 20.8 Å². The molecule has 2 N–H and O–H groups in total. The van der Waals surface area contributed by atoms with E-state index in [1.165, 1.54) is 0 Å². The molecule has 2 atom stereocenters. The number of pyridine rings is 1. The predicted molar refractivity (Wildman–Crippen MR) is 124 cm³/mol. The molecule has 2 aromatic heterocycles. The molecule has 1 aliphatic rings. The Balaban J connectivity index is 1.86. The van der Waals surface area contributed by atoms with Crippen LogP contribution < -0.4 is 5.32 Å². The van der Waals surface area contributed by atoms with E-state index in [2.05, 4.69) is 45.7 Å². The van der Waals surface area contributed by atoms with Crippen LogP contribution >= 0.6 is 23.8 Å². The Hall–Kier alpha value is -2.41. The molecule has 4 rings (SSSR count). The number of nitrogens with one attached hydrogen (secondary N) is 1. The number of aryl methyl sites for hydroxylation is 1. The number of aliphatic hydroxyl groups is 1. The van der Waals surface area contributed by atoms with Crippen molar-refractivity contribution in [2.75, 3.05) is 13.2 Å². The van der Waals surface area contributed by atoms with Crippen LogP contribution in [0.4, 0.5) is 0 Å². The zero-order valence-corrected chi connectivity index (χ0v) is 18.8. The second-order valence-electron chi connectivity index (χ2n) is 7.59. The normalized spacial score (nSPS) is 18.7. The van der Waals surface area contributed by atoms with Crippen molar-refractivity contribution < 1.29 is 5.11 Å². The van der Waals surface area contributed by atoms with E-state index in [1.807, 2.05) is 37.3 Å². The van der Waals surface area contributed by atoms with Gasteiger partial charge in [-0.25, -0.2) is 0 Å². The predicted octanol–water partition coefficient (Wildman–Crippen LogP) is 4.42. The number of rotatable bonds is 5. The number of benzene rings is 1. The van der Waals surface area contributed by atoms with Gasteiger partial charge in [-0.05, 0) is 74.4 Å². The van der Waals surface area contributed by atoms with E-state index in [-0.39, 0.29) is 18.7 Å². The minimum atomic E-state index is -0.0975. The third-order valence-electron chi connectivity index (χ3n) is 5.81. The van der Waals surface area contributed by atoms with Crippen LogP contribution in [0.25, 0.3) is 5.69 Å². The van der Waals surface area contributed by atoms with Gasteiger partial charge >= 0.3 is 0 Å². The SMILES string of the molecule is Cc1c(Cl)cccc1-n1c(C)cc([C@@H]2[C@@H](c3ccccn3)NC(=S)N2CCO)c1C. The standard InChI is InChI=1S/C23H25ClN4OS/c1-14-13-17(16(3)28(14)20-9-6-7-18(24)15(20)2)22-21(19-8-4-5-10-25-19)26-23(30)27(22)11-12-29/h4-10,13,21-22,29H,11-12H2,1-3H3,(H,26,30)/t21-,22-/m1/s1. The third-order valence-corrected chi connectivity index (χ3v) is 6.57. The molecule has 1 fully saturated rings. The van der Waals surface area contributed by atoms with Crippen molar-refractivity contribution in [2.45, 2.75) is 32.9 Å². The van der Waals surface area contributed by atoms with Gasteiger partial charge in [-0.1, -0.05) is 23.7 Å². The van der Waals surface area contributed by atoms with Crippen LogP contribution in [0.2, 0.25) is 5.02 Å². The maximum Gasteiger partial charge on any atom is 0.170 e. The van der Waals surface area contributed by atoms with E-state index in [0.717, 1.165) is 38.9 Å². The number of nitrogens with zero attached hydrogens (tertiary/aromatic N) is 3. The van der Waals surface area contributed by atoms with Gasteiger partial charge in [0.05, 0.1) is 24.4 Å². The zero-order valence-electron chi connectivity index (χ0n) is 17.3. The molecule has 30 heavy (non-hydrogen) atoms. The minimum absolute atomic E-state index is 0.0272. The van der Waals surface area contributed by atoms with Gasteiger partial charge in [0.15, 0.2) is 5.11 Å². The van der Waals surface area contributed by atoms with Crippen LogP contribution in [-0.4, -0.2) is 37.8 Å². The highest BCUT2D eigenvalue weighted by molar-refractivity contribution is 7.80. The van der Waals surface area contributed by atoms with E-state index in [9.17, 15) is 5.11 Å². The molecule has 0 unspecified atom stereocenters. The molecule has 0 bridgehead atoms. The number of β-amino-alcohol motifs (C(OH)–C–C–N with tert-alkyl or cyclic N) is 1. The number of hydrogen-bond acceptors (Lipinski definition) is 3. The van der Waals surface area contributed by atoms with Crippen molar-refractivity contribution in [3.8, 4) is 5.69 Å². The van der Waals surface area contributed by atoms with Gasteiger partial charge in [-0.2, -0.15) is 0 Å². The first-order valence-corrected chi connectivity index (χ1v) is 10.8. The summed E-state index contributed by atoms with van der Waals surface area (Å²) in [6, 6.07) is 13.9. The first-order valence-electron chi connectivity index (χ1n) is 9.97. The Labute approximate surface area is 187 Å². The molecule has 7 heteroatoms. The van der Waals surface area contributed by atoms with Gasteiger partial charge in [0.2, 0.25) is 0 Å². The maximum atomic E-state index is 9.68. The highest BCUT2D eigenvalue weighted by Crippen LogP contribution is 2.41. The molecule has 1 aromatic carbocycles. The summed E-state index contributed by atoms with van der Waals surface area (Å²) in [4.78, 5) is 6.63. The van der Waals surface area contributed by atoms with E-state index in [4.69, 9.17) is 23.8 Å². The first-order chi connectivity index (χ1) is 14.4. The lowest BCUT2D eigenvalue weighted by Crippen LogP contribution is -2.32. The fourth-order valence-electron chi connectivity index (χ4n) is 4.39. The smallest absolute Gasteiger partial charge is 0.170 e. The third kappa shape index (κ3) is 3.49. The zero-order chi connectivity index (χ0) is 21.4. The maximum absolute atomic E-state index is 9.68. The second kappa shape index (κ2) is 8.38. The molecule has 0 spiro atoms. The summed E-state index contributed by atoms with van der Waals surface area (Å²) in [6.07, 6.45) is 1.80. The van der Waals surface area contributed by atoms with Crippen molar-refractivity contribution in [2.24, 2.45) is 0 Å². The van der Waals surface area contributed by atoms with Crippen molar-refractivity contribution in [1.29, 1.82) is 0 Å². The Morgan fingerprint density at radius 1 is 1.17 bits per heavy atom. The highest BCUT2D eigenvalue weighted by atomic mass is 35.5. The quantitative estimate of drug-likeness (QED) is 0.575. The molecule has 1 aliphatic heterocycles. The average Bonchev–Trinajstić information content (AvgIpc) is 3.21. The molecule has 156 valence electrons. The van der Waals surface area contributed by atoms with Crippen molar-refractivity contribution in [1.82, 2.24) is 19.8 Å². The van der Waals surface area contributed by atoms with Crippen LogP contribution in [0.3, 0.4) is 0 Å². The number of aliphatic hydroxyl groups excluding tert-OH is 1. The molecular weight excluding hydrogens is 416 g/mol. The summed E-state index contributed by atoms with van der Waals surface area (Å²) in [5.41, 5.74) is 6.44. The van der Waals surface area contributed by atoms with Crippen molar-refractivity contribution in [3.05, 3.63) is 81.9 Å². The summed E-state index contributed by atoms with van der Waals surface area (Å²) >= 11 is 12.0. The first kappa shape index (κ1) is 20.8. The number of thiocarbonyl (C=S) groups is 1. The Morgan fingerprint density at radius 2 is 1.97 bits per heavy atom. The summed E-state index contributed by atoms with van der Waals surface area (Å²) < 4.78 is 2.24. The Kier molecular flexibility index (Phi) is 5.82. The summed E-state index contributed by atoms with van der Waals surface area (Å²) in [7, 11) is 0. The van der Waals surface area contributed by atoms with E-state index >= 15 is 0 Å². The Morgan fingerprint density at radius 3 is 2.67 bits per heavy atom. The molecule has 0 amide bonds. The molecule has 3 aromatic rings. The molecule has 1 saturated heterocycles. The summed E-state index contributed by atoms with van der Waals surface area (Å²) in [5.74, 6) is 0. The minimum Gasteiger partial charge on any atom is -0.395 e. The largest absolute Gasteiger partial charge is 0.395 e. The summed E-state index contributed by atoms with van der Waals surface area (Å²) in [5, 5.41) is 14.5. The Bertz CT molecular complexity index is 1080. The highest BCUT2D eigenvalue weighted by Gasteiger charge is 2.41. The monoisotopic (exact) mass is 440 g/mol. The molecule has 0 saturated carbocycles. The molecule has 0 aliphatic carbocycles. The van der Waals surface area contributed by atoms with E-state index in [1.54, 1.807) is 6.20 Å². The fraction of sp³-hybridized carbons (Fsp3) is 0.304. The molecule has 5 nitrogen and oxygen atoms in total.